The van der Waals surface area contributed by atoms with Crippen molar-refractivity contribution in [1.29, 1.82) is 5.26 Å². The molecule has 0 radical (unpaired) electrons. The summed E-state index contributed by atoms with van der Waals surface area (Å²) in [5, 5.41) is 14.6. The van der Waals surface area contributed by atoms with E-state index in [1.165, 1.54) is 6.08 Å². The zero-order chi connectivity index (χ0) is 16.0. The summed E-state index contributed by atoms with van der Waals surface area (Å²) in [6, 6.07) is 9.16. The van der Waals surface area contributed by atoms with Gasteiger partial charge in [0.2, 0.25) is 5.91 Å². The van der Waals surface area contributed by atoms with E-state index in [9.17, 15) is 14.9 Å². The molecule has 114 valence electrons. The monoisotopic (exact) mass is 297 g/mol. The van der Waals surface area contributed by atoms with Crippen molar-refractivity contribution in [3.8, 4) is 6.07 Å². The number of nitrogens with one attached hydrogen (secondary N) is 2. The number of nitrogens with zero attached hydrogens (tertiary/aromatic N) is 1. The summed E-state index contributed by atoms with van der Waals surface area (Å²) in [5.74, 6) is -0.413. The first-order valence-corrected chi connectivity index (χ1v) is 7.32. The van der Waals surface area contributed by atoms with Crippen molar-refractivity contribution in [2.75, 3.05) is 7.05 Å². The Balaban J connectivity index is 1.98. The minimum atomic E-state index is -0.704. The summed E-state index contributed by atoms with van der Waals surface area (Å²) in [7, 11) is 1.58. The molecule has 0 saturated heterocycles. The molecule has 1 saturated carbocycles. The van der Waals surface area contributed by atoms with E-state index in [4.69, 9.17) is 0 Å². The fraction of sp³-hybridized carbons (Fsp3) is 0.353. The summed E-state index contributed by atoms with van der Waals surface area (Å²) in [6.07, 6.45) is 6.46. The van der Waals surface area contributed by atoms with Gasteiger partial charge in [-0.05, 0) is 49.5 Å². The summed E-state index contributed by atoms with van der Waals surface area (Å²) < 4.78 is 0. The molecule has 2 rings (SSSR count). The number of carbonyl (C=O) groups excluding carboxylic acids is 2. The SMILES string of the molecule is CNC(=O)c1ccc(/C=C/C(=O)NC2(C#N)CCCC2)cc1. The van der Waals surface area contributed by atoms with Gasteiger partial charge in [-0.15, -0.1) is 0 Å². The maximum absolute atomic E-state index is 11.9. The second-order valence-corrected chi connectivity index (χ2v) is 5.42. The summed E-state index contributed by atoms with van der Waals surface area (Å²) in [5.41, 5.74) is 0.684. The van der Waals surface area contributed by atoms with Crippen LogP contribution in [-0.2, 0) is 4.79 Å². The van der Waals surface area contributed by atoms with E-state index in [1.807, 2.05) is 0 Å². The van der Waals surface area contributed by atoms with Gasteiger partial charge in [0.05, 0.1) is 6.07 Å². The molecule has 1 aliphatic rings. The normalized spacial score (nSPS) is 16.2. The molecule has 0 aliphatic heterocycles. The van der Waals surface area contributed by atoms with E-state index in [-0.39, 0.29) is 11.8 Å². The molecule has 5 nitrogen and oxygen atoms in total. The van der Waals surface area contributed by atoms with Crippen molar-refractivity contribution < 1.29 is 9.59 Å². The number of nitriles is 1. The molecule has 0 aromatic heterocycles. The Morgan fingerprint density at radius 1 is 1.23 bits per heavy atom. The summed E-state index contributed by atoms with van der Waals surface area (Å²) in [4.78, 5) is 23.4. The number of amides is 2. The minimum absolute atomic E-state index is 0.148. The Kier molecular flexibility index (Phi) is 4.95. The highest BCUT2D eigenvalue weighted by Gasteiger charge is 2.34. The lowest BCUT2D eigenvalue weighted by Crippen LogP contribution is -2.44. The lowest BCUT2D eigenvalue weighted by Gasteiger charge is -2.20. The molecular weight excluding hydrogens is 278 g/mol. The highest BCUT2D eigenvalue weighted by Crippen LogP contribution is 2.28. The van der Waals surface area contributed by atoms with Gasteiger partial charge in [-0.1, -0.05) is 12.1 Å². The Labute approximate surface area is 130 Å². The van der Waals surface area contributed by atoms with Crippen LogP contribution in [0.15, 0.2) is 30.3 Å². The molecule has 0 bridgehead atoms. The van der Waals surface area contributed by atoms with Crippen LogP contribution in [0.2, 0.25) is 0 Å². The second-order valence-electron chi connectivity index (χ2n) is 5.42. The molecule has 1 aromatic rings. The van der Waals surface area contributed by atoms with Gasteiger partial charge in [-0.3, -0.25) is 9.59 Å². The van der Waals surface area contributed by atoms with Crippen LogP contribution in [0.5, 0.6) is 0 Å². The Morgan fingerprint density at radius 3 is 2.41 bits per heavy atom. The predicted octanol–water partition coefficient (Wildman–Crippen LogP) is 2.01. The maximum Gasteiger partial charge on any atom is 0.251 e. The maximum atomic E-state index is 11.9. The van der Waals surface area contributed by atoms with Crippen LogP contribution < -0.4 is 10.6 Å². The molecular formula is C17H19N3O2. The smallest absolute Gasteiger partial charge is 0.251 e. The van der Waals surface area contributed by atoms with Crippen LogP contribution in [0.3, 0.4) is 0 Å². The number of rotatable bonds is 4. The highest BCUT2D eigenvalue weighted by molar-refractivity contribution is 5.95. The molecule has 1 fully saturated rings. The number of carbonyl (C=O) groups is 2. The zero-order valence-corrected chi connectivity index (χ0v) is 12.6. The molecule has 22 heavy (non-hydrogen) atoms. The van der Waals surface area contributed by atoms with Crippen LogP contribution >= 0.6 is 0 Å². The van der Waals surface area contributed by atoms with Crippen molar-refractivity contribution in [3.63, 3.8) is 0 Å². The van der Waals surface area contributed by atoms with Gasteiger partial charge in [0.1, 0.15) is 5.54 Å². The quantitative estimate of drug-likeness (QED) is 0.834. The Morgan fingerprint density at radius 2 is 1.86 bits per heavy atom. The third kappa shape index (κ3) is 3.73. The number of hydrogen-bond donors (Lipinski definition) is 2. The Bertz CT molecular complexity index is 620. The summed E-state index contributed by atoms with van der Waals surface area (Å²) in [6.45, 7) is 0. The van der Waals surface area contributed by atoms with Crippen LogP contribution in [0.1, 0.15) is 41.6 Å². The van der Waals surface area contributed by atoms with Crippen molar-refractivity contribution in [3.05, 3.63) is 41.5 Å². The van der Waals surface area contributed by atoms with E-state index < -0.39 is 5.54 Å². The molecule has 0 unspecified atom stereocenters. The molecule has 5 heteroatoms. The minimum Gasteiger partial charge on any atom is -0.355 e. The van der Waals surface area contributed by atoms with E-state index in [1.54, 1.807) is 37.4 Å². The van der Waals surface area contributed by atoms with Gasteiger partial charge in [0.15, 0.2) is 0 Å². The van der Waals surface area contributed by atoms with Crippen molar-refractivity contribution >= 4 is 17.9 Å². The van der Waals surface area contributed by atoms with Crippen LogP contribution in [-0.4, -0.2) is 24.4 Å². The molecule has 2 amide bonds. The number of hydrogen-bond acceptors (Lipinski definition) is 3. The topological polar surface area (TPSA) is 82.0 Å². The molecule has 0 spiro atoms. The van der Waals surface area contributed by atoms with Gasteiger partial charge >= 0.3 is 0 Å². The Hall–Kier alpha value is -2.61. The fourth-order valence-electron chi connectivity index (χ4n) is 2.58. The third-order valence-electron chi connectivity index (χ3n) is 3.86. The fourth-order valence-corrected chi connectivity index (χ4v) is 2.58. The van der Waals surface area contributed by atoms with Crippen molar-refractivity contribution in [1.82, 2.24) is 10.6 Å². The standard InChI is InChI=1S/C17H19N3O2/c1-19-16(22)14-7-4-13(5-8-14)6-9-15(21)20-17(12-18)10-2-3-11-17/h4-9H,2-3,10-11H2,1H3,(H,19,22)(H,20,21)/b9-6+. The zero-order valence-electron chi connectivity index (χ0n) is 12.6. The molecule has 1 aliphatic carbocycles. The predicted molar refractivity (Wildman–Crippen MR) is 83.8 cm³/mol. The van der Waals surface area contributed by atoms with Gasteiger partial charge in [-0.2, -0.15) is 5.26 Å². The van der Waals surface area contributed by atoms with Crippen LogP contribution in [0.25, 0.3) is 6.08 Å². The highest BCUT2D eigenvalue weighted by atomic mass is 16.2. The molecule has 0 heterocycles. The third-order valence-corrected chi connectivity index (χ3v) is 3.86. The first kappa shape index (κ1) is 15.8. The van der Waals surface area contributed by atoms with E-state index in [0.29, 0.717) is 18.4 Å². The van der Waals surface area contributed by atoms with E-state index >= 15 is 0 Å². The van der Waals surface area contributed by atoms with Gasteiger partial charge in [0.25, 0.3) is 5.91 Å². The molecule has 2 N–H and O–H groups in total. The van der Waals surface area contributed by atoms with Crippen molar-refractivity contribution in [2.45, 2.75) is 31.2 Å². The van der Waals surface area contributed by atoms with Gasteiger partial charge in [-0.25, -0.2) is 0 Å². The first-order chi connectivity index (χ1) is 10.6. The second kappa shape index (κ2) is 6.90. The lowest BCUT2D eigenvalue weighted by molar-refractivity contribution is -0.117. The average Bonchev–Trinajstić information content (AvgIpc) is 3.01. The summed E-state index contributed by atoms with van der Waals surface area (Å²) >= 11 is 0. The lowest BCUT2D eigenvalue weighted by atomic mass is 10.00. The van der Waals surface area contributed by atoms with E-state index in [2.05, 4.69) is 16.7 Å². The van der Waals surface area contributed by atoms with Crippen LogP contribution in [0.4, 0.5) is 0 Å². The van der Waals surface area contributed by atoms with E-state index in [0.717, 1.165) is 18.4 Å². The van der Waals surface area contributed by atoms with Crippen molar-refractivity contribution in [2.24, 2.45) is 0 Å². The molecule has 1 aromatic carbocycles. The van der Waals surface area contributed by atoms with Crippen LogP contribution in [0, 0.1) is 11.3 Å². The van der Waals surface area contributed by atoms with Gasteiger partial charge in [0, 0.05) is 18.7 Å². The van der Waals surface area contributed by atoms with Gasteiger partial charge < -0.3 is 10.6 Å². The average molecular weight is 297 g/mol. The first-order valence-electron chi connectivity index (χ1n) is 7.32. The molecule has 0 atom stereocenters. The number of benzene rings is 1. The largest absolute Gasteiger partial charge is 0.355 e.